The van der Waals surface area contributed by atoms with E-state index in [-0.39, 0.29) is 10.8 Å². The Morgan fingerprint density at radius 2 is 2.38 bits per heavy atom. The molecule has 0 fully saturated rings. The van der Waals surface area contributed by atoms with E-state index >= 15 is 0 Å². The summed E-state index contributed by atoms with van der Waals surface area (Å²) in [4.78, 5) is 10.3. The molecule has 5 nitrogen and oxygen atoms in total. The second kappa shape index (κ2) is 5.76. The molecule has 1 N–H and O–H groups in total. The summed E-state index contributed by atoms with van der Waals surface area (Å²) in [6.45, 7) is -0.0487. The summed E-state index contributed by atoms with van der Waals surface area (Å²) < 4.78 is 30.3. The Morgan fingerprint density at radius 1 is 1.69 bits per heavy atom. The number of nitrogens with one attached hydrogen (secondary N) is 1. The molecule has 1 aromatic heterocycles. The normalized spacial score (nSPS) is 13.4. The summed E-state index contributed by atoms with van der Waals surface area (Å²) in [5.74, 6) is -0.520. The van der Waals surface area contributed by atoms with Gasteiger partial charge in [0.15, 0.2) is 0 Å². The highest BCUT2D eigenvalue weighted by atomic mass is 79.9. The molecule has 0 aliphatic rings. The van der Waals surface area contributed by atoms with Crippen LogP contribution < -0.4 is 4.72 Å². The van der Waals surface area contributed by atoms with Gasteiger partial charge in [0, 0.05) is 6.54 Å². The van der Waals surface area contributed by atoms with Gasteiger partial charge in [0.25, 0.3) is 0 Å². The maximum absolute atomic E-state index is 11.6. The van der Waals surface area contributed by atoms with Crippen molar-refractivity contribution in [3.63, 3.8) is 0 Å². The van der Waals surface area contributed by atoms with Crippen molar-refractivity contribution in [1.82, 2.24) is 4.72 Å². The van der Waals surface area contributed by atoms with Gasteiger partial charge in [-0.1, -0.05) is 22.0 Å². The summed E-state index contributed by atoms with van der Waals surface area (Å²) in [7, 11) is -2.28. The highest BCUT2D eigenvalue weighted by Gasteiger charge is 2.20. The van der Waals surface area contributed by atoms with Crippen molar-refractivity contribution in [1.29, 1.82) is 0 Å². The van der Waals surface area contributed by atoms with Gasteiger partial charge in [-0.05, 0) is 11.4 Å². The molecule has 1 rings (SSSR count). The lowest BCUT2D eigenvalue weighted by Gasteiger charge is -2.08. The quantitative estimate of drug-likeness (QED) is 0.646. The number of alkyl halides is 1. The van der Waals surface area contributed by atoms with Crippen LogP contribution in [0.3, 0.4) is 0 Å². The smallest absolute Gasteiger partial charge is 0.320 e. The number of sulfonamides is 1. The minimum Gasteiger partial charge on any atom is -0.468 e. The van der Waals surface area contributed by atoms with Gasteiger partial charge in [-0.15, -0.1) is 11.3 Å². The van der Waals surface area contributed by atoms with Crippen LogP contribution >= 0.6 is 27.3 Å². The molecular formula is C8H10BrNO4S2. The lowest BCUT2D eigenvalue weighted by Crippen LogP contribution is -2.33. The molecule has 1 aromatic rings. The molecule has 1 unspecified atom stereocenters. The summed E-state index contributed by atoms with van der Waals surface area (Å²) in [5.41, 5.74) is 0. The monoisotopic (exact) mass is 327 g/mol. The first-order valence-electron chi connectivity index (χ1n) is 4.22. The van der Waals surface area contributed by atoms with E-state index in [0.717, 1.165) is 11.3 Å². The number of methoxy groups -OCH3 is 1. The van der Waals surface area contributed by atoms with Gasteiger partial charge < -0.3 is 4.74 Å². The van der Waals surface area contributed by atoms with Crippen LogP contribution in [0.2, 0.25) is 0 Å². The van der Waals surface area contributed by atoms with E-state index in [0.29, 0.717) is 0 Å². The predicted molar refractivity (Wildman–Crippen MR) is 64.2 cm³/mol. The maximum Gasteiger partial charge on any atom is 0.320 e. The average molecular weight is 328 g/mol. The lowest BCUT2D eigenvalue weighted by molar-refractivity contribution is -0.139. The summed E-state index contributed by atoms with van der Waals surface area (Å²) in [6.07, 6.45) is 0. The number of esters is 1. The van der Waals surface area contributed by atoms with E-state index in [1.807, 2.05) is 0 Å². The molecule has 90 valence electrons. The van der Waals surface area contributed by atoms with Gasteiger partial charge in [0.2, 0.25) is 10.0 Å². The molecule has 0 radical (unpaired) electrons. The molecule has 0 amide bonds. The number of thiophene rings is 1. The summed E-state index contributed by atoms with van der Waals surface area (Å²) >= 11 is 4.14. The van der Waals surface area contributed by atoms with Crippen LogP contribution in [0.5, 0.6) is 0 Å². The average Bonchev–Trinajstić information content (AvgIpc) is 2.78. The molecule has 0 aliphatic carbocycles. The third-order valence-electron chi connectivity index (χ3n) is 1.67. The molecule has 1 atom stereocenters. The van der Waals surface area contributed by atoms with Gasteiger partial charge in [-0.3, -0.25) is 4.79 Å². The largest absolute Gasteiger partial charge is 0.468 e. The molecule has 0 saturated carbocycles. The topological polar surface area (TPSA) is 72.5 Å². The second-order valence-electron chi connectivity index (χ2n) is 2.77. The first-order valence-corrected chi connectivity index (χ1v) is 7.50. The Hall–Kier alpha value is -0.440. The number of rotatable bonds is 5. The maximum atomic E-state index is 11.6. The Balaban J connectivity index is 2.59. The highest BCUT2D eigenvalue weighted by molar-refractivity contribution is 9.10. The molecule has 0 aliphatic heterocycles. The van der Waals surface area contributed by atoms with E-state index < -0.39 is 20.8 Å². The van der Waals surface area contributed by atoms with Crippen LogP contribution in [-0.2, 0) is 19.6 Å². The Labute approximate surface area is 106 Å². The summed E-state index contributed by atoms with van der Waals surface area (Å²) in [6, 6.07) is 3.14. The third kappa shape index (κ3) is 3.55. The SMILES string of the molecule is COC(=O)C(Br)CNS(=O)(=O)c1cccs1. The van der Waals surface area contributed by atoms with E-state index in [2.05, 4.69) is 25.4 Å². The number of ether oxygens (including phenoxy) is 1. The lowest BCUT2D eigenvalue weighted by atomic mass is 10.4. The van der Waals surface area contributed by atoms with Gasteiger partial charge >= 0.3 is 5.97 Å². The third-order valence-corrected chi connectivity index (χ3v) is 5.19. The number of hydrogen-bond donors (Lipinski definition) is 1. The zero-order chi connectivity index (χ0) is 12.2. The van der Waals surface area contributed by atoms with Crippen molar-refractivity contribution in [2.45, 2.75) is 9.04 Å². The van der Waals surface area contributed by atoms with Gasteiger partial charge in [0.1, 0.15) is 9.04 Å². The van der Waals surface area contributed by atoms with Crippen molar-refractivity contribution < 1.29 is 17.9 Å². The van der Waals surface area contributed by atoms with Crippen molar-refractivity contribution >= 4 is 43.3 Å². The van der Waals surface area contributed by atoms with E-state index in [9.17, 15) is 13.2 Å². The van der Waals surface area contributed by atoms with E-state index in [1.165, 1.54) is 13.2 Å². The van der Waals surface area contributed by atoms with E-state index in [4.69, 9.17) is 0 Å². The number of carbonyl (C=O) groups is 1. The predicted octanol–water partition coefficient (Wildman–Crippen LogP) is 0.963. The van der Waals surface area contributed by atoms with Gasteiger partial charge in [-0.25, -0.2) is 13.1 Å². The van der Waals surface area contributed by atoms with Crippen LogP contribution in [0.15, 0.2) is 21.7 Å². The van der Waals surface area contributed by atoms with Crippen molar-refractivity contribution in [3.8, 4) is 0 Å². The van der Waals surface area contributed by atoms with Gasteiger partial charge in [-0.2, -0.15) is 0 Å². The molecule has 0 spiro atoms. The minimum absolute atomic E-state index is 0.0487. The molecule has 0 aromatic carbocycles. The van der Waals surface area contributed by atoms with Crippen molar-refractivity contribution in [2.24, 2.45) is 0 Å². The van der Waals surface area contributed by atoms with Crippen LogP contribution in [-0.4, -0.2) is 32.9 Å². The fourth-order valence-electron chi connectivity index (χ4n) is 0.882. The zero-order valence-corrected chi connectivity index (χ0v) is 11.6. The van der Waals surface area contributed by atoms with Crippen LogP contribution in [0.1, 0.15) is 0 Å². The Morgan fingerprint density at radius 3 is 2.88 bits per heavy atom. The number of hydrogen-bond acceptors (Lipinski definition) is 5. The van der Waals surface area contributed by atoms with Crippen LogP contribution in [0, 0.1) is 0 Å². The molecule has 1 heterocycles. The second-order valence-corrected chi connectivity index (χ2v) is 6.82. The number of carbonyl (C=O) groups excluding carboxylic acids is 1. The summed E-state index contributed by atoms with van der Waals surface area (Å²) in [5, 5.41) is 1.67. The molecule has 0 bridgehead atoms. The Bertz CT molecular complexity index is 443. The highest BCUT2D eigenvalue weighted by Crippen LogP contribution is 2.15. The van der Waals surface area contributed by atoms with Crippen LogP contribution in [0.4, 0.5) is 0 Å². The Kier molecular flexibility index (Phi) is 4.90. The van der Waals surface area contributed by atoms with Crippen molar-refractivity contribution in [3.05, 3.63) is 17.5 Å². The van der Waals surface area contributed by atoms with Crippen LogP contribution in [0.25, 0.3) is 0 Å². The van der Waals surface area contributed by atoms with E-state index in [1.54, 1.807) is 11.4 Å². The van der Waals surface area contributed by atoms with Crippen molar-refractivity contribution in [2.75, 3.05) is 13.7 Å². The molecule has 8 heteroatoms. The fourth-order valence-corrected chi connectivity index (χ4v) is 3.53. The first kappa shape index (κ1) is 13.6. The minimum atomic E-state index is -3.52. The first-order chi connectivity index (χ1) is 7.47. The molecule has 16 heavy (non-hydrogen) atoms. The standard InChI is InChI=1S/C8H10BrNO4S2/c1-14-8(11)6(9)5-10-16(12,13)7-3-2-4-15-7/h2-4,6,10H,5H2,1H3. The number of halogens is 1. The zero-order valence-electron chi connectivity index (χ0n) is 8.34. The fraction of sp³-hybridized carbons (Fsp3) is 0.375. The molecule has 0 saturated heterocycles. The van der Waals surface area contributed by atoms with Gasteiger partial charge in [0.05, 0.1) is 7.11 Å². The molecular weight excluding hydrogens is 318 g/mol.